The third kappa shape index (κ3) is 3.80. The molecule has 0 saturated carbocycles. The van der Waals surface area contributed by atoms with Crippen molar-refractivity contribution in [1.82, 2.24) is 0 Å². The van der Waals surface area contributed by atoms with Crippen LogP contribution in [0, 0.1) is 0 Å². The van der Waals surface area contributed by atoms with E-state index in [2.05, 4.69) is 54.8 Å². The average molecular weight is 311 g/mol. The Hall–Kier alpha value is -1.45. The molecule has 1 heterocycles. The van der Waals surface area contributed by atoms with Crippen molar-refractivity contribution in [1.29, 1.82) is 0 Å². The summed E-state index contributed by atoms with van der Waals surface area (Å²) >= 11 is 3.74. The Morgan fingerprint density at radius 1 is 1.00 bits per heavy atom. The second-order valence-electron chi connectivity index (χ2n) is 4.83. The van der Waals surface area contributed by atoms with Gasteiger partial charge in [0.05, 0.1) is 5.69 Å². The average Bonchev–Trinajstić information content (AvgIpc) is 2.56. The molecule has 0 amide bonds. The maximum Gasteiger partial charge on any atom is 0.0632 e. The van der Waals surface area contributed by atoms with Gasteiger partial charge in [-0.25, -0.2) is 0 Å². The van der Waals surface area contributed by atoms with Crippen molar-refractivity contribution < 1.29 is 0 Å². The zero-order valence-corrected chi connectivity index (χ0v) is 13.5. The van der Waals surface area contributed by atoms with Crippen LogP contribution in [0.3, 0.4) is 0 Å². The molecule has 0 aromatic heterocycles. The lowest BCUT2D eigenvalue weighted by Crippen LogP contribution is -2.07. The molecular formula is C18H17NS2. The monoisotopic (exact) mass is 311 g/mol. The van der Waals surface area contributed by atoms with Crippen LogP contribution in [0.4, 0.5) is 5.69 Å². The van der Waals surface area contributed by atoms with Crippen molar-refractivity contribution in [3.05, 3.63) is 76.5 Å². The number of para-hydroxylation sites is 1. The number of benzene rings is 2. The van der Waals surface area contributed by atoms with E-state index in [0.29, 0.717) is 5.25 Å². The molecule has 1 atom stereocenters. The highest BCUT2D eigenvalue weighted by atomic mass is 32.2. The Morgan fingerprint density at radius 3 is 2.33 bits per heavy atom. The van der Waals surface area contributed by atoms with E-state index in [-0.39, 0.29) is 0 Å². The van der Waals surface area contributed by atoms with Gasteiger partial charge in [0.15, 0.2) is 0 Å². The molecule has 106 valence electrons. The van der Waals surface area contributed by atoms with Gasteiger partial charge < -0.3 is 0 Å². The molecule has 2 aromatic carbocycles. The highest BCUT2D eigenvalue weighted by Gasteiger charge is 2.21. The molecule has 1 aliphatic rings. The molecule has 0 N–H and O–H groups in total. The van der Waals surface area contributed by atoms with Gasteiger partial charge in [0.25, 0.3) is 0 Å². The summed E-state index contributed by atoms with van der Waals surface area (Å²) < 4.78 is 1.34. The van der Waals surface area contributed by atoms with Crippen LogP contribution >= 0.6 is 23.5 Å². The maximum atomic E-state index is 4.81. The smallest absolute Gasteiger partial charge is 0.0632 e. The van der Waals surface area contributed by atoms with Gasteiger partial charge in [0.1, 0.15) is 0 Å². The van der Waals surface area contributed by atoms with Crippen LogP contribution in [0.25, 0.3) is 0 Å². The lowest BCUT2D eigenvalue weighted by Gasteiger charge is -2.23. The molecule has 0 bridgehead atoms. The molecule has 3 heteroatoms. The third-order valence-corrected chi connectivity index (χ3v) is 5.72. The standard InChI is InChI=1S/C18H17NS2/c1-20-18-13-16(19-15-10-6-3-7-11-15)12-17(21-18)14-8-4-2-5-9-14/h2-11,13,17H,12H2,1H3. The first kappa shape index (κ1) is 14.5. The van der Waals surface area contributed by atoms with E-state index in [1.165, 1.54) is 9.80 Å². The third-order valence-electron chi connectivity index (χ3n) is 3.34. The molecule has 0 fully saturated rings. The van der Waals surface area contributed by atoms with E-state index in [1.54, 1.807) is 11.8 Å². The normalized spacial score (nSPS) is 20.3. The van der Waals surface area contributed by atoms with Crippen LogP contribution in [0.1, 0.15) is 17.2 Å². The molecular weight excluding hydrogens is 294 g/mol. The summed E-state index contributed by atoms with van der Waals surface area (Å²) in [6.07, 6.45) is 5.34. The number of hydrogen-bond acceptors (Lipinski definition) is 3. The zero-order chi connectivity index (χ0) is 14.5. The van der Waals surface area contributed by atoms with Gasteiger partial charge in [-0.1, -0.05) is 48.5 Å². The highest BCUT2D eigenvalue weighted by Crippen LogP contribution is 2.45. The molecule has 1 aliphatic heterocycles. The molecule has 0 spiro atoms. The summed E-state index contributed by atoms with van der Waals surface area (Å²) in [6.45, 7) is 0. The predicted octanol–water partition coefficient (Wildman–Crippen LogP) is 5.84. The summed E-state index contributed by atoms with van der Waals surface area (Å²) in [4.78, 5) is 4.81. The van der Waals surface area contributed by atoms with Gasteiger partial charge in [-0.15, -0.1) is 23.5 Å². The van der Waals surface area contributed by atoms with Gasteiger partial charge >= 0.3 is 0 Å². The second kappa shape index (κ2) is 7.01. The number of thioether (sulfide) groups is 2. The second-order valence-corrected chi connectivity index (χ2v) is 7.18. The van der Waals surface area contributed by atoms with E-state index in [0.717, 1.165) is 17.8 Å². The molecule has 0 saturated heterocycles. The fraction of sp³-hybridized carbons (Fsp3) is 0.167. The van der Waals surface area contributed by atoms with Crippen molar-refractivity contribution in [2.24, 2.45) is 4.99 Å². The van der Waals surface area contributed by atoms with Crippen LogP contribution in [0.2, 0.25) is 0 Å². The van der Waals surface area contributed by atoms with Crippen molar-refractivity contribution in [3.8, 4) is 0 Å². The van der Waals surface area contributed by atoms with Gasteiger partial charge in [0, 0.05) is 21.6 Å². The fourth-order valence-electron chi connectivity index (χ4n) is 2.31. The van der Waals surface area contributed by atoms with Crippen molar-refractivity contribution in [3.63, 3.8) is 0 Å². The zero-order valence-electron chi connectivity index (χ0n) is 11.9. The number of aliphatic imine (C=N–C) groups is 1. The van der Waals surface area contributed by atoms with Crippen LogP contribution < -0.4 is 0 Å². The molecule has 3 rings (SSSR count). The number of nitrogens with zero attached hydrogens (tertiary/aromatic N) is 1. The molecule has 2 aromatic rings. The summed E-state index contributed by atoms with van der Waals surface area (Å²) in [6, 6.07) is 20.9. The van der Waals surface area contributed by atoms with Gasteiger partial charge in [0.2, 0.25) is 0 Å². The number of rotatable bonds is 3. The van der Waals surface area contributed by atoms with Crippen molar-refractivity contribution >= 4 is 34.9 Å². The van der Waals surface area contributed by atoms with E-state index < -0.39 is 0 Å². The predicted molar refractivity (Wildman–Crippen MR) is 96.5 cm³/mol. The number of hydrogen-bond donors (Lipinski definition) is 0. The first-order chi connectivity index (χ1) is 10.3. The minimum absolute atomic E-state index is 0.459. The van der Waals surface area contributed by atoms with Crippen LogP contribution in [-0.4, -0.2) is 12.0 Å². The Morgan fingerprint density at radius 2 is 1.67 bits per heavy atom. The fourth-order valence-corrected chi connectivity index (χ4v) is 4.33. The van der Waals surface area contributed by atoms with Crippen molar-refractivity contribution in [2.45, 2.75) is 11.7 Å². The lowest BCUT2D eigenvalue weighted by molar-refractivity contribution is 1.01. The van der Waals surface area contributed by atoms with E-state index >= 15 is 0 Å². The molecule has 0 radical (unpaired) electrons. The Labute approximate surface area is 134 Å². The molecule has 1 nitrogen and oxygen atoms in total. The lowest BCUT2D eigenvalue weighted by atomic mass is 10.1. The maximum absolute atomic E-state index is 4.81. The van der Waals surface area contributed by atoms with Gasteiger partial charge in [-0.3, -0.25) is 4.99 Å². The Bertz CT molecular complexity index is 647. The molecule has 21 heavy (non-hydrogen) atoms. The summed E-state index contributed by atoms with van der Waals surface area (Å²) in [5.74, 6) is 0. The van der Waals surface area contributed by atoms with Crippen LogP contribution in [-0.2, 0) is 0 Å². The molecule has 0 aliphatic carbocycles. The first-order valence-corrected chi connectivity index (χ1v) is 9.05. The Kier molecular flexibility index (Phi) is 4.84. The highest BCUT2D eigenvalue weighted by molar-refractivity contribution is 8.22. The van der Waals surface area contributed by atoms with Crippen molar-refractivity contribution in [2.75, 3.05) is 6.26 Å². The summed E-state index contributed by atoms with van der Waals surface area (Å²) in [5, 5.41) is 0.459. The summed E-state index contributed by atoms with van der Waals surface area (Å²) in [5.41, 5.74) is 3.57. The van der Waals surface area contributed by atoms with Crippen LogP contribution in [0.15, 0.2) is 76.0 Å². The minimum atomic E-state index is 0.459. The topological polar surface area (TPSA) is 12.4 Å². The van der Waals surface area contributed by atoms with E-state index in [4.69, 9.17) is 4.99 Å². The first-order valence-electron chi connectivity index (χ1n) is 6.95. The number of allylic oxidation sites excluding steroid dienone is 1. The van der Waals surface area contributed by atoms with E-state index in [9.17, 15) is 0 Å². The quantitative estimate of drug-likeness (QED) is 0.705. The minimum Gasteiger partial charge on any atom is -0.253 e. The van der Waals surface area contributed by atoms with E-state index in [1.807, 2.05) is 30.0 Å². The van der Waals surface area contributed by atoms with Crippen LogP contribution in [0.5, 0.6) is 0 Å². The van der Waals surface area contributed by atoms with Gasteiger partial charge in [-0.05, 0) is 30.0 Å². The van der Waals surface area contributed by atoms with Gasteiger partial charge in [-0.2, -0.15) is 0 Å². The largest absolute Gasteiger partial charge is 0.253 e. The SMILES string of the molecule is CSC1=CC(=Nc2ccccc2)CC(c2ccccc2)S1. The summed E-state index contributed by atoms with van der Waals surface area (Å²) in [7, 11) is 0. The Balaban J connectivity index is 1.89. The molecule has 1 unspecified atom stereocenters.